The molecule has 2 nitrogen and oxygen atoms in total. The molecule has 0 fully saturated rings. The van der Waals surface area contributed by atoms with Crippen LogP contribution < -0.4 is 0 Å². The highest BCUT2D eigenvalue weighted by Crippen LogP contribution is 2.23. The lowest BCUT2D eigenvalue weighted by Gasteiger charge is -2.30. The topological polar surface area (TPSA) is 18.5 Å². The molecule has 0 aromatic carbocycles. The van der Waals surface area contributed by atoms with Gasteiger partial charge >= 0.3 is 7.69 Å². The van der Waals surface area contributed by atoms with E-state index in [-0.39, 0.29) is 23.0 Å². The standard InChI is InChI=1S/C12H26BO2/c1-9(11(3,4)5)14-13-15-10(2)12(6,7)8/h9-10H,1-8H3/t9-,10-/m0/s1. The zero-order valence-electron chi connectivity index (χ0n) is 11.5. The van der Waals surface area contributed by atoms with Gasteiger partial charge in [-0.25, -0.2) is 0 Å². The van der Waals surface area contributed by atoms with Crippen LogP contribution in [0.15, 0.2) is 0 Å². The highest BCUT2D eigenvalue weighted by atomic mass is 16.6. The molecule has 0 rings (SSSR count). The van der Waals surface area contributed by atoms with Gasteiger partial charge in [-0.15, -0.1) is 0 Å². The molecule has 3 heteroatoms. The predicted molar refractivity (Wildman–Crippen MR) is 65.8 cm³/mol. The highest BCUT2D eigenvalue weighted by Gasteiger charge is 2.24. The lowest BCUT2D eigenvalue weighted by atomic mass is 9.89. The Morgan fingerprint density at radius 2 is 1.00 bits per heavy atom. The highest BCUT2D eigenvalue weighted by molar-refractivity contribution is 6.18. The first-order valence-corrected chi connectivity index (χ1v) is 5.67. The van der Waals surface area contributed by atoms with Crippen LogP contribution in [-0.2, 0) is 9.31 Å². The van der Waals surface area contributed by atoms with Crippen molar-refractivity contribution >= 4 is 7.69 Å². The lowest BCUT2D eigenvalue weighted by molar-refractivity contribution is 0.0399. The third kappa shape index (κ3) is 6.21. The van der Waals surface area contributed by atoms with Gasteiger partial charge in [-0.1, -0.05) is 41.5 Å². The van der Waals surface area contributed by atoms with E-state index in [1.165, 1.54) is 7.69 Å². The Balaban J connectivity index is 3.81. The summed E-state index contributed by atoms with van der Waals surface area (Å²) in [5.74, 6) is 0. The SMILES string of the molecule is C[C@H](O[B]O[C@@H](C)C(C)(C)C)C(C)(C)C. The van der Waals surface area contributed by atoms with E-state index in [1.807, 2.05) is 0 Å². The summed E-state index contributed by atoms with van der Waals surface area (Å²) in [7, 11) is 1.49. The van der Waals surface area contributed by atoms with Crippen LogP contribution in [-0.4, -0.2) is 19.9 Å². The third-order valence-electron chi connectivity index (χ3n) is 2.96. The third-order valence-corrected chi connectivity index (χ3v) is 2.96. The summed E-state index contributed by atoms with van der Waals surface area (Å²) in [4.78, 5) is 0. The van der Waals surface area contributed by atoms with Crippen molar-refractivity contribution in [1.29, 1.82) is 0 Å². The Labute approximate surface area is 96.0 Å². The summed E-state index contributed by atoms with van der Waals surface area (Å²) in [5.41, 5.74) is 0.287. The molecule has 0 aliphatic rings. The molecule has 89 valence electrons. The second-order valence-electron chi connectivity index (χ2n) is 6.38. The van der Waals surface area contributed by atoms with Crippen molar-refractivity contribution in [1.82, 2.24) is 0 Å². The first-order valence-electron chi connectivity index (χ1n) is 5.67. The largest absolute Gasteiger partial charge is 0.488 e. The number of rotatable bonds is 4. The molecule has 15 heavy (non-hydrogen) atoms. The lowest BCUT2D eigenvalue weighted by Crippen LogP contribution is -2.32. The normalized spacial score (nSPS) is 17.3. The summed E-state index contributed by atoms with van der Waals surface area (Å²) < 4.78 is 11.0. The summed E-state index contributed by atoms with van der Waals surface area (Å²) in [6.07, 6.45) is 0.314. The van der Waals surface area contributed by atoms with Crippen LogP contribution in [0.5, 0.6) is 0 Å². The molecule has 0 amide bonds. The van der Waals surface area contributed by atoms with Gasteiger partial charge in [0.25, 0.3) is 0 Å². The molecule has 0 saturated carbocycles. The maximum Gasteiger partial charge on any atom is 0.488 e. The molecular formula is C12H26BO2. The molecular weight excluding hydrogens is 187 g/mol. The van der Waals surface area contributed by atoms with Gasteiger partial charge in [0.1, 0.15) is 0 Å². The smallest absolute Gasteiger partial charge is 0.410 e. The molecule has 0 aromatic heterocycles. The summed E-state index contributed by atoms with van der Waals surface area (Å²) >= 11 is 0. The minimum Gasteiger partial charge on any atom is -0.410 e. The predicted octanol–water partition coefficient (Wildman–Crippen LogP) is 3.42. The van der Waals surface area contributed by atoms with Crippen LogP contribution in [0, 0.1) is 10.8 Å². The van der Waals surface area contributed by atoms with Crippen molar-refractivity contribution in [2.45, 2.75) is 67.6 Å². The molecule has 0 saturated heterocycles. The fraction of sp³-hybridized carbons (Fsp3) is 1.00. The van der Waals surface area contributed by atoms with E-state index < -0.39 is 0 Å². The Kier molecular flexibility index (Phi) is 5.35. The van der Waals surface area contributed by atoms with E-state index in [9.17, 15) is 0 Å². The van der Waals surface area contributed by atoms with Crippen molar-refractivity contribution < 1.29 is 9.31 Å². The van der Waals surface area contributed by atoms with Crippen LogP contribution in [0.1, 0.15) is 55.4 Å². The molecule has 0 N–H and O–H groups in total. The average Bonchev–Trinajstić information content (AvgIpc) is 2.00. The minimum absolute atomic E-state index is 0.144. The monoisotopic (exact) mass is 213 g/mol. The van der Waals surface area contributed by atoms with Crippen LogP contribution >= 0.6 is 0 Å². The van der Waals surface area contributed by atoms with Crippen molar-refractivity contribution in [3.8, 4) is 0 Å². The van der Waals surface area contributed by atoms with E-state index in [1.54, 1.807) is 0 Å². The molecule has 0 aromatic rings. The molecule has 1 radical (unpaired) electrons. The fourth-order valence-electron chi connectivity index (χ4n) is 0.607. The van der Waals surface area contributed by atoms with Crippen molar-refractivity contribution in [3.63, 3.8) is 0 Å². The second-order valence-corrected chi connectivity index (χ2v) is 6.38. The molecule has 0 aliphatic carbocycles. The van der Waals surface area contributed by atoms with Crippen LogP contribution in [0.3, 0.4) is 0 Å². The quantitative estimate of drug-likeness (QED) is 0.666. The fourth-order valence-corrected chi connectivity index (χ4v) is 0.607. The summed E-state index contributed by atoms with van der Waals surface area (Å²) in [5, 5.41) is 0. The maximum atomic E-state index is 5.52. The summed E-state index contributed by atoms with van der Waals surface area (Å²) in [6, 6.07) is 0. The van der Waals surface area contributed by atoms with Gasteiger partial charge < -0.3 is 9.31 Å². The number of hydrogen-bond acceptors (Lipinski definition) is 2. The molecule has 0 spiro atoms. The second kappa shape index (κ2) is 5.35. The number of hydrogen-bond donors (Lipinski definition) is 0. The van der Waals surface area contributed by atoms with Crippen molar-refractivity contribution in [3.05, 3.63) is 0 Å². The van der Waals surface area contributed by atoms with Crippen molar-refractivity contribution in [2.75, 3.05) is 0 Å². The van der Waals surface area contributed by atoms with Gasteiger partial charge in [0, 0.05) is 12.2 Å². The zero-order valence-corrected chi connectivity index (χ0v) is 11.5. The van der Waals surface area contributed by atoms with Crippen LogP contribution in [0.25, 0.3) is 0 Å². The minimum atomic E-state index is 0.144. The Bertz CT molecular complexity index is 159. The molecule has 2 atom stereocenters. The van der Waals surface area contributed by atoms with Gasteiger partial charge in [-0.2, -0.15) is 0 Å². The van der Waals surface area contributed by atoms with Gasteiger partial charge in [-0.3, -0.25) is 0 Å². The van der Waals surface area contributed by atoms with E-state index >= 15 is 0 Å². The molecule has 0 unspecified atom stereocenters. The van der Waals surface area contributed by atoms with E-state index in [4.69, 9.17) is 9.31 Å². The Hall–Kier alpha value is -0.0151. The van der Waals surface area contributed by atoms with Gasteiger partial charge in [0.05, 0.1) is 0 Å². The zero-order chi connectivity index (χ0) is 12.3. The van der Waals surface area contributed by atoms with Gasteiger partial charge in [0.2, 0.25) is 0 Å². The summed E-state index contributed by atoms with van der Waals surface area (Å²) in [6.45, 7) is 17.0. The first kappa shape index (κ1) is 15.0. The van der Waals surface area contributed by atoms with E-state index in [2.05, 4.69) is 55.4 Å². The van der Waals surface area contributed by atoms with E-state index in [0.29, 0.717) is 0 Å². The maximum absolute atomic E-state index is 5.52. The van der Waals surface area contributed by atoms with Crippen molar-refractivity contribution in [2.24, 2.45) is 10.8 Å². The first-order chi connectivity index (χ1) is 6.55. The molecule has 0 bridgehead atoms. The molecule has 0 heterocycles. The van der Waals surface area contributed by atoms with Gasteiger partial charge in [-0.05, 0) is 24.7 Å². The Morgan fingerprint density at radius 3 is 1.20 bits per heavy atom. The van der Waals surface area contributed by atoms with Gasteiger partial charge in [0.15, 0.2) is 0 Å². The average molecular weight is 213 g/mol. The Morgan fingerprint density at radius 1 is 0.733 bits per heavy atom. The van der Waals surface area contributed by atoms with Crippen LogP contribution in [0.4, 0.5) is 0 Å². The van der Waals surface area contributed by atoms with Crippen LogP contribution in [0.2, 0.25) is 0 Å². The molecule has 0 aliphatic heterocycles. The van der Waals surface area contributed by atoms with E-state index in [0.717, 1.165) is 0 Å².